The molecule has 8 nitrogen and oxygen atoms in total. The molecule has 1 atom stereocenters. The number of aromatic nitrogens is 6. The number of hydrogen-bond donors (Lipinski definition) is 0. The van der Waals surface area contributed by atoms with Crippen LogP contribution in [0, 0.1) is 13.8 Å². The molecule has 0 spiro atoms. The van der Waals surface area contributed by atoms with Crippen molar-refractivity contribution in [1.29, 1.82) is 0 Å². The number of hydrogen-bond acceptors (Lipinski definition) is 7. The summed E-state index contributed by atoms with van der Waals surface area (Å²) >= 11 is 0. The average Bonchev–Trinajstić information content (AvgIpc) is 3.53. The minimum Gasteiger partial charge on any atom is -0.370 e. The second-order valence-electron chi connectivity index (χ2n) is 8.95. The van der Waals surface area contributed by atoms with Crippen LogP contribution < -0.4 is 4.90 Å². The van der Waals surface area contributed by atoms with Gasteiger partial charge in [-0.2, -0.15) is 23.3 Å². The fourth-order valence-corrected chi connectivity index (χ4v) is 3.99. The van der Waals surface area contributed by atoms with Crippen LogP contribution in [0.25, 0.3) is 16.7 Å². The van der Waals surface area contributed by atoms with Crippen LogP contribution in [0.3, 0.4) is 0 Å². The summed E-state index contributed by atoms with van der Waals surface area (Å²) in [6.45, 7) is 9.02. The van der Waals surface area contributed by atoms with Gasteiger partial charge in [0.2, 0.25) is 5.95 Å². The van der Waals surface area contributed by atoms with E-state index in [-0.39, 0.29) is 18.1 Å². The summed E-state index contributed by atoms with van der Waals surface area (Å²) < 4.78 is 46.5. The van der Waals surface area contributed by atoms with Crippen molar-refractivity contribution in [1.82, 2.24) is 29.7 Å². The van der Waals surface area contributed by atoms with E-state index in [0.717, 1.165) is 18.4 Å². The van der Waals surface area contributed by atoms with Crippen LogP contribution in [0.1, 0.15) is 60.5 Å². The van der Waals surface area contributed by atoms with E-state index >= 15 is 0 Å². The summed E-state index contributed by atoms with van der Waals surface area (Å²) in [7, 11) is 0. The zero-order valence-electron chi connectivity index (χ0n) is 19.1. The van der Waals surface area contributed by atoms with Crippen LogP contribution >= 0.6 is 0 Å². The SMILES string of the molecule is C=C(CCC(F)(F)F)c1nc(N2CCOC(c3cnn(C4CC4)c3)C2)nc2nc(C)c(C)nc12. The van der Waals surface area contributed by atoms with E-state index in [1.807, 2.05) is 28.9 Å². The maximum atomic E-state index is 12.9. The summed E-state index contributed by atoms with van der Waals surface area (Å²) in [5.41, 5.74) is 3.65. The standard InChI is InChI=1S/C23H26F3N7O/c1-13(6-7-23(24,25)26)19-20-21(29-15(3)14(2)28-20)31-22(30-19)32-8-9-34-18(12-32)16-10-27-33(11-16)17-4-5-17/h10-11,17-18H,1,4-9,12H2,2-3H3. The fraction of sp³-hybridized carbons (Fsp3) is 0.522. The van der Waals surface area contributed by atoms with Gasteiger partial charge in [-0.3, -0.25) is 4.68 Å². The minimum absolute atomic E-state index is 0.205. The molecule has 1 saturated heterocycles. The molecule has 34 heavy (non-hydrogen) atoms. The largest absolute Gasteiger partial charge is 0.389 e. The molecule has 1 saturated carbocycles. The first kappa shape index (κ1) is 22.7. The first-order chi connectivity index (χ1) is 16.2. The van der Waals surface area contributed by atoms with Crippen LogP contribution in [0.15, 0.2) is 19.0 Å². The Balaban J connectivity index is 1.46. The summed E-state index contributed by atoms with van der Waals surface area (Å²) in [6, 6.07) is 0.479. The highest BCUT2D eigenvalue weighted by atomic mass is 19.4. The van der Waals surface area contributed by atoms with Gasteiger partial charge in [0, 0.05) is 24.7 Å². The Bertz CT molecular complexity index is 1240. The number of morpholine rings is 1. The summed E-state index contributed by atoms with van der Waals surface area (Å²) in [4.78, 5) is 20.3. The van der Waals surface area contributed by atoms with Crippen LogP contribution in [0.4, 0.5) is 19.1 Å². The Labute approximate surface area is 194 Å². The van der Waals surface area contributed by atoms with Crippen LogP contribution in [-0.2, 0) is 4.74 Å². The summed E-state index contributed by atoms with van der Waals surface area (Å²) in [6.07, 6.45) is 0.406. The number of halogens is 3. The summed E-state index contributed by atoms with van der Waals surface area (Å²) in [5, 5.41) is 4.45. The van der Waals surface area contributed by atoms with E-state index in [0.29, 0.717) is 59.9 Å². The molecule has 11 heteroatoms. The fourth-order valence-electron chi connectivity index (χ4n) is 3.99. The molecule has 1 aliphatic heterocycles. The maximum absolute atomic E-state index is 12.9. The molecule has 4 heterocycles. The van der Waals surface area contributed by atoms with E-state index in [9.17, 15) is 13.2 Å². The third-order valence-corrected chi connectivity index (χ3v) is 6.24. The second-order valence-corrected chi connectivity index (χ2v) is 8.95. The molecular weight excluding hydrogens is 447 g/mol. The van der Waals surface area contributed by atoms with Crippen LogP contribution in [0.5, 0.6) is 0 Å². The zero-order chi connectivity index (χ0) is 24.0. The highest BCUT2D eigenvalue weighted by molar-refractivity contribution is 5.85. The number of nitrogens with zero attached hydrogens (tertiary/aromatic N) is 7. The number of anilines is 1. The van der Waals surface area contributed by atoms with Crippen molar-refractivity contribution in [3.05, 3.63) is 41.6 Å². The number of alkyl halides is 3. The van der Waals surface area contributed by atoms with Gasteiger partial charge in [-0.05, 0) is 38.7 Å². The molecule has 3 aromatic heterocycles. The zero-order valence-corrected chi connectivity index (χ0v) is 19.1. The van der Waals surface area contributed by atoms with Gasteiger partial charge in [-0.25, -0.2) is 15.0 Å². The summed E-state index contributed by atoms with van der Waals surface area (Å²) in [5.74, 6) is 0.385. The third kappa shape index (κ3) is 4.75. The minimum atomic E-state index is -4.28. The Morgan fingerprint density at radius 2 is 1.91 bits per heavy atom. The lowest BCUT2D eigenvalue weighted by molar-refractivity contribution is -0.133. The van der Waals surface area contributed by atoms with Crippen molar-refractivity contribution in [2.45, 2.75) is 57.9 Å². The predicted octanol–water partition coefficient (Wildman–Crippen LogP) is 4.50. The topological polar surface area (TPSA) is 81.9 Å². The van der Waals surface area contributed by atoms with E-state index < -0.39 is 12.6 Å². The van der Waals surface area contributed by atoms with Crippen molar-refractivity contribution < 1.29 is 17.9 Å². The highest BCUT2D eigenvalue weighted by Crippen LogP contribution is 2.35. The molecular formula is C23H26F3N7O. The van der Waals surface area contributed by atoms with Crippen molar-refractivity contribution in [3.8, 4) is 0 Å². The molecule has 0 bridgehead atoms. The second kappa shape index (κ2) is 8.61. The van der Waals surface area contributed by atoms with Gasteiger partial charge in [0.25, 0.3) is 0 Å². The molecule has 2 aliphatic rings. The molecule has 1 unspecified atom stereocenters. The van der Waals surface area contributed by atoms with Gasteiger partial charge in [-0.1, -0.05) is 6.58 Å². The monoisotopic (exact) mass is 473 g/mol. The quantitative estimate of drug-likeness (QED) is 0.521. The molecule has 0 N–H and O–H groups in total. The molecule has 0 aromatic carbocycles. The molecule has 3 aromatic rings. The van der Waals surface area contributed by atoms with Crippen LogP contribution in [0.2, 0.25) is 0 Å². The molecule has 1 aliphatic carbocycles. The van der Waals surface area contributed by atoms with E-state index in [4.69, 9.17) is 4.74 Å². The van der Waals surface area contributed by atoms with E-state index in [2.05, 4.69) is 31.6 Å². The van der Waals surface area contributed by atoms with Gasteiger partial charge in [0.05, 0.1) is 42.5 Å². The van der Waals surface area contributed by atoms with E-state index in [1.54, 1.807) is 6.92 Å². The molecule has 5 rings (SSSR count). The molecule has 2 fully saturated rings. The normalized spacial score (nSPS) is 19.1. The number of rotatable bonds is 6. The highest BCUT2D eigenvalue weighted by Gasteiger charge is 2.30. The lowest BCUT2D eigenvalue weighted by Gasteiger charge is -2.32. The van der Waals surface area contributed by atoms with Gasteiger partial charge < -0.3 is 9.64 Å². The number of ether oxygens (including phenoxy) is 1. The van der Waals surface area contributed by atoms with Crippen molar-refractivity contribution in [3.63, 3.8) is 0 Å². The predicted molar refractivity (Wildman–Crippen MR) is 120 cm³/mol. The van der Waals surface area contributed by atoms with Crippen LogP contribution in [-0.4, -0.2) is 55.6 Å². The average molecular weight is 474 g/mol. The van der Waals surface area contributed by atoms with Crippen molar-refractivity contribution in [2.24, 2.45) is 0 Å². The Morgan fingerprint density at radius 3 is 2.65 bits per heavy atom. The number of allylic oxidation sites excluding steroid dienone is 1. The lowest BCUT2D eigenvalue weighted by atomic mass is 10.1. The number of aryl methyl sites for hydroxylation is 2. The van der Waals surface area contributed by atoms with Crippen molar-refractivity contribution >= 4 is 22.7 Å². The molecule has 180 valence electrons. The van der Waals surface area contributed by atoms with Gasteiger partial charge in [-0.15, -0.1) is 0 Å². The molecule has 0 radical (unpaired) electrons. The first-order valence-corrected chi connectivity index (χ1v) is 11.4. The third-order valence-electron chi connectivity index (χ3n) is 6.24. The van der Waals surface area contributed by atoms with Gasteiger partial charge in [0.1, 0.15) is 11.6 Å². The lowest BCUT2D eigenvalue weighted by Crippen LogP contribution is -2.39. The smallest absolute Gasteiger partial charge is 0.370 e. The van der Waals surface area contributed by atoms with Crippen molar-refractivity contribution in [2.75, 3.05) is 24.6 Å². The Hall–Kier alpha value is -3.08. The maximum Gasteiger partial charge on any atom is 0.389 e. The molecule has 0 amide bonds. The Kier molecular flexibility index (Phi) is 5.75. The first-order valence-electron chi connectivity index (χ1n) is 11.4. The van der Waals surface area contributed by atoms with E-state index in [1.165, 1.54) is 0 Å². The van der Waals surface area contributed by atoms with Gasteiger partial charge in [0.15, 0.2) is 5.65 Å². The number of fused-ring (bicyclic) bond motifs is 1. The van der Waals surface area contributed by atoms with Gasteiger partial charge >= 0.3 is 6.18 Å². The Morgan fingerprint density at radius 1 is 1.15 bits per heavy atom.